The predicted molar refractivity (Wildman–Crippen MR) is 94.3 cm³/mol. The molecule has 0 bridgehead atoms. The predicted octanol–water partition coefficient (Wildman–Crippen LogP) is 3.29. The first kappa shape index (κ1) is 15.5. The van der Waals surface area contributed by atoms with Crippen LogP contribution in [0.15, 0.2) is 60.8 Å². The summed E-state index contributed by atoms with van der Waals surface area (Å²) in [5.74, 6) is -0.501. The van der Waals surface area contributed by atoms with Gasteiger partial charge < -0.3 is 4.74 Å². The van der Waals surface area contributed by atoms with Gasteiger partial charge in [-0.3, -0.25) is 0 Å². The van der Waals surface area contributed by atoms with E-state index in [2.05, 4.69) is 15.3 Å². The minimum absolute atomic E-state index is 0.129. The summed E-state index contributed by atoms with van der Waals surface area (Å²) in [5, 5.41) is 8.62. The van der Waals surface area contributed by atoms with Crippen LogP contribution in [0.25, 0.3) is 10.2 Å². The van der Waals surface area contributed by atoms with Crippen LogP contribution in [-0.4, -0.2) is 25.9 Å². The fraction of sp³-hybridized carbons (Fsp3) is 0.111. The molecule has 4 aromatic rings. The van der Waals surface area contributed by atoms with Gasteiger partial charge in [0.2, 0.25) is 0 Å². The van der Waals surface area contributed by atoms with Crippen LogP contribution in [0.2, 0.25) is 0 Å². The van der Waals surface area contributed by atoms with Gasteiger partial charge in [0.25, 0.3) is 0 Å². The van der Waals surface area contributed by atoms with Crippen molar-refractivity contribution in [2.24, 2.45) is 0 Å². The molecule has 0 aliphatic rings. The summed E-state index contributed by atoms with van der Waals surface area (Å²) in [5.41, 5.74) is 2.19. The number of benzene rings is 2. The molecule has 0 N–H and O–H groups in total. The van der Waals surface area contributed by atoms with Crippen LogP contribution in [0, 0.1) is 0 Å². The molecule has 0 fully saturated rings. The average Bonchev–Trinajstić information content (AvgIpc) is 3.27. The highest BCUT2D eigenvalue weighted by Gasteiger charge is 2.14. The number of hydrogen-bond acceptors (Lipinski definition) is 6. The number of carbonyl (C=O) groups excluding carboxylic acids is 1. The van der Waals surface area contributed by atoms with Crippen LogP contribution in [0.3, 0.4) is 0 Å². The summed E-state index contributed by atoms with van der Waals surface area (Å²) >= 11 is 1.51. The van der Waals surface area contributed by atoms with E-state index in [1.54, 1.807) is 10.9 Å². The van der Waals surface area contributed by atoms with Gasteiger partial charge in [-0.25, -0.2) is 14.5 Å². The normalized spacial score (nSPS) is 10.9. The highest BCUT2D eigenvalue weighted by Crippen LogP contribution is 2.22. The van der Waals surface area contributed by atoms with Crippen LogP contribution in [0.5, 0.6) is 0 Å². The standard InChI is InChI=1S/C18H14N4O2S/c23-18(24-12-17-19-14-8-4-5-9-16(14)25-17)15-11-22(21-20-15)10-13-6-2-1-3-7-13/h1-9,11H,10,12H2. The maximum Gasteiger partial charge on any atom is 0.360 e. The zero-order valence-electron chi connectivity index (χ0n) is 13.2. The van der Waals surface area contributed by atoms with Crippen LogP contribution in [0.4, 0.5) is 0 Å². The summed E-state index contributed by atoms with van der Waals surface area (Å²) in [6.45, 7) is 0.683. The second-order valence-corrected chi connectivity index (χ2v) is 6.55. The first-order chi connectivity index (χ1) is 12.3. The third-order valence-electron chi connectivity index (χ3n) is 3.60. The van der Waals surface area contributed by atoms with E-state index in [-0.39, 0.29) is 12.3 Å². The lowest BCUT2D eigenvalue weighted by molar-refractivity contribution is 0.0465. The SMILES string of the molecule is O=C(OCc1nc2ccccc2s1)c1cn(Cc2ccccc2)nn1. The first-order valence-corrected chi connectivity index (χ1v) is 8.55. The topological polar surface area (TPSA) is 69.9 Å². The molecule has 0 atom stereocenters. The lowest BCUT2D eigenvalue weighted by atomic mass is 10.2. The van der Waals surface area contributed by atoms with E-state index in [9.17, 15) is 4.79 Å². The summed E-state index contributed by atoms with van der Waals surface area (Å²) in [4.78, 5) is 16.6. The third kappa shape index (κ3) is 3.56. The zero-order valence-corrected chi connectivity index (χ0v) is 14.0. The Morgan fingerprint density at radius 1 is 1.08 bits per heavy atom. The molecule has 0 saturated carbocycles. The monoisotopic (exact) mass is 350 g/mol. The molecule has 25 heavy (non-hydrogen) atoms. The van der Waals surface area contributed by atoms with Gasteiger partial charge in [-0.05, 0) is 17.7 Å². The van der Waals surface area contributed by atoms with Crippen molar-refractivity contribution in [3.8, 4) is 0 Å². The molecule has 0 radical (unpaired) electrons. The lowest BCUT2D eigenvalue weighted by Gasteiger charge is -2.00. The molecule has 7 heteroatoms. The largest absolute Gasteiger partial charge is 0.453 e. The highest BCUT2D eigenvalue weighted by molar-refractivity contribution is 7.18. The fourth-order valence-corrected chi connectivity index (χ4v) is 3.30. The van der Waals surface area contributed by atoms with Gasteiger partial charge in [0.05, 0.1) is 23.0 Å². The number of rotatable bonds is 5. The molecular formula is C18H14N4O2S. The van der Waals surface area contributed by atoms with Gasteiger partial charge in [-0.2, -0.15) is 0 Å². The van der Waals surface area contributed by atoms with Gasteiger partial charge in [-0.1, -0.05) is 47.7 Å². The molecule has 0 amide bonds. The second kappa shape index (κ2) is 6.82. The molecule has 0 unspecified atom stereocenters. The Labute approximate surface area is 147 Å². The van der Waals surface area contributed by atoms with Crippen LogP contribution in [-0.2, 0) is 17.9 Å². The number of esters is 1. The first-order valence-electron chi connectivity index (χ1n) is 7.73. The molecule has 2 aromatic carbocycles. The minimum atomic E-state index is -0.501. The maximum atomic E-state index is 12.1. The number of ether oxygens (including phenoxy) is 1. The van der Waals surface area contributed by atoms with Crippen LogP contribution in [0.1, 0.15) is 21.1 Å². The van der Waals surface area contributed by atoms with Crippen molar-refractivity contribution in [1.29, 1.82) is 0 Å². The van der Waals surface area contributed by atoms with Gasteiger partial charge in [0.15, 0.2) is 5.69 Å². The van der Waals surface area contributed by atoms with E-state index in [0.29, 0.717) is 6.54 Å². The van der Waals surface area contributed by atoms with Crippen molar-refractivity contribution >= 4 is 27.5 Å². The maximum absolute atomic E-state index is 12.1. The van der Waals surface area contributed by atoms with E-state index in [4.69, 9.17) is 4.74 Å². The summed E-state index contributed by atoms with van der Waals surface area (Å²) in [6.07, 6.45) is 1.59. The Bertz CT molecular complexity index is 977. The molecular weight excluding hydrogens is 336 g/mol. The van der Waals surface area contributed by atoms with Crippen molar-refractivity contribution in [1.82, 2.24) is 20.0 Å². The third-order valence-corrected chi connectivity index (χ3v) is 4.61. The summed E-state index contributed by atoms with van der Waals surface area (Å²) in [6, 6.07) is 17.7. The Morgan fingerprint density at radius 3 is 2.72 bits per heavy atom. The van der Waals surface area contributed by atoms with Crippen molar-refractivity contribution in [3.63, 3.8) is 0 Å². The van der Waals surface area contributed by atoms with Crippen LogP contribution < -0.4 is 0 Å². The second-order valence-electron chi connectivity index (χ2n) is 5.44. The van der Waals surface area contributed by atoms with Gasteiger partial charge >= 0.3 is 5.97 Å². The van der Waals surface area contributed by atoms with Crippen molar-refractivity contribution in [3.05, 3.63) is 77.1 Å². The number of thiazole rings is 1. The molecule has 2 heterocycles. The molecule has 0 aliphatic carbocycles. The smallest absolute Gasteiger partial charge is 0.360 e. The van der Waals surface area contributed by atoms with Gasteiger partial charge in [0, 0.05) is 0 Å². The molecule has 124 valence electrons. The summed E-state index contributed by atoms with van der Waals surface area (Å²) < 4.78 is 7.99. The zero-order chi connectivity index (χ0) is 17.1. The van der Waals surface area contributed by atoms with Crippen molar-refractivity contribution < 1.29 is 9.53 Å². The van der Waals surface area contributed by atoms with E-state index < -0.39 is 5.97 Å². The van der Waals surface area contributed by atoms with Gasteiger partial charge in [-0.15, -0.1) is 16.4 Å². The minimum Gasteiger partial charge on any atom is -0.453 e. The number of nitrogens with zero attached hydrogens (tertiary/aromatic N) is 4. The van der Waals surface area contributed by atoms with Crippen LogP contribution >= 0.6 is 11.3 Å². The Hall–Kier alpha value is -3.06. The number of aromatic nitrogens is 4. The molecule has 0 saturated heterocycles. The Kier molecular flexibility index (Phi) is 4.22. The molecule has 0 spiro atoms. The van der Waals surface area contributed by atoms with Crippen molar-refractivity contribution in [2.45, 2.75) is 13.2 Å². The number of fused-ring (bicyclic) bond motifs is 1. The number of para-hydroxylation sites is 1. The van der Waals surface area contributed by atoms with E-state index in [1.165, 1.54) is 11.3 Å². The molecule has 6 nitrogen and oxygen atoms in total. The number of carbonyl (C=O) groups is 1. The Morgan fingerprint density at radius 2 is 1.88 bits per heavy atom. The number of hydrogen-bond donors (Lipinski definition) is 0. The van der Waals surface area contributed by atoms with E-state index >= 15 is 0 Å². The summed E-state index contributed by atoms with van der Waals surface area (Å²) in [7, 11) is 0. The molecule has 2 aromatic heterocycles. The molecule has 4 rings (SSSR count). The highest BCUT2D eigenvalue weighted by atomic mass is 32.1. The van der Waals surface area contributed by atoms with Crippen molar-refractivity contribution in [2.75, 3.05) is 0 Å². The average molecular weight is 350 g/mol. The van der Waals surface area contributed by atoms with E-state index in [0.717, 1.165) is 20.8 Å². The fourth-order valence-electron chi connectivity index (χ4n) is 2.42. The van der Waals surface area contributed by atoms with E-state index in [1.807, 2.05) is 54.6 Å². The lowest BCUT2D eigenvalue weighted by Crippen LogP contribution is -2.05. The van der Waals surface area contributed by atoms with Gasteiger partial charge in [0.1, 0.15) is 11.6 Å². The quantitative estimate of drug-likeness (QED) is 0.517. The Balaban J connectivity index is 1.39. The molecule has 0 aliphatic heterocycles.